The number of allylic oxidation sites excluding steroid dienone is 1. The van der Waals surface area contributed by atoms with E-state index in [-0.39, 0.29) is 5.82 Å². The van der Waals surface area contributed by atoms with Crippen molar-refractivity contribution in [1.29, 1.82) is 0 Å². The van der Waals surface area contributed by atoms with Crippen LogP contribution in [0.2, 0.25) is 0 Å². The molecule has 2 N–H and O–H groups in total. The van der Waals surface area contributed by atoms with Crippen LogP contribution in [0.15, 0.2) is 31.1 Å². The molecule has 3 rings (SSSR count). The molecule has 0 spiro atoms. The second-order valence-electron chi connectivity index (χ2n) is 6.82. The Kier molecular flexibility index (Phi) is 5.90. The molecule has 146 valence electrons. The summed E-state index contributed by atoms with van der Waals surface area (Å²) >= 11 is 0. The fourth-order valence-electron chi connectivity index (χ4n) is 3.38. The van der Waals surface area contributed by atoms with Crippen molar-refractivity contribution >= 4 is 17.7 Å². The highest BCUT2D eigenvalue weighted by molar-refractivity contribution is 5.88. The first-order chi connectivity index (χ1) is 13.5. The molecular weight excluding hydrogens is 353 g/mol. The van der Waals surface area contributed by atoms with Gasteiger partial charge in [0.15, 0.2) is 0 Å². The van der Waals surface area contributed by atoms with Crippen LogP contribution in [0.5, 0.6) is 0 Å². The number of aromatic nitrogens is 4. The van der Waals surface area contributed by atoms with Crippen LogP contribution in [0.3, 0.4) is 0 Å². The van der Waals surface area contributed by atoms with E-state index in [2.05, 4.69) is 34.1 Å². The standard InChI is InChI=1S/C22H26FN5/c1-6-20-18(22(27-26-20)17-12-25-28(5)13-17)10-14(3)21-15(4)16(11-24-7-2)8-9-19(21)23/h6,8-10,12-13,24H,1,7,11H2,2-5H3,(H,26,27)/b14-10+. The number of nitrogens with zero attached hydrogens (tertiary/aromatic N) is 3. The van der Waals surface area contributed by atoms with Crippen LogP contribution < -0.4 is 5.32 Å². The van der Waals surface area contributed by atoms with E-state index >= 15 is 0 Å². The number of hydrogen-bond donors (Lipinski definition) is 2. The lowest BCUT2D eigenvalue weighted by atomic mass is 9.94. The molecule has 0 unspecified atom stereocenters. The average molecular weight is 379 g/mol. The summed E-state index contributed by atoms with van der Waals surface area (Å²) in [4.78, 5) is 0. The highest BCUT2D eigenvalue weighted by Gasteiger charge is 2.16. The van der Waals surface area contributed by atoms with Crippen molar-refractivity contribution in [3.8, 4) is 11.3 Å². The minimum absolute atomic E-state index is 0.224. The topological polar surface area (TPSA) is 58.5 Å². The predicted octanol–water partition coefficient (Wildman–Crippen LogP) is 4.57. The number of aryl methyl sites for hydroxylation is 1. The van der Waals surface area contributed by atoms with E-state index in [9.17, 15) is 4.39 Å². The van der Waals surface area contributed by atoms with Crippen molar-refractivity contribution in [3.05, 3.63) is 64.9 Å². The van der Waals surface area contributed by atoms with Crippen LogP contribution >= 0.6 is 0 Å². The molecule has 6 heteroatoms. The lowest BCUT2D eigenvalue weighted by Gasteiger charge is -2.14. The highest BCUT2D eigenvalue weighted by atomic mass is 19.1. The van der Waals surface area contributed by atoms with Crippen LogP contribution in [-0.4, -0.2) is 26.5 Å². The van der Waals surface area contributed by atoms with Gasteiger partial charge in [0.1, 0.15) is 11.5 Å². The van der Waals surface area contributed by atoms with E-state index in [0.717, 1.165) is 45.8 Å². The van der Waals surface area contributed by atoms with Gasteiger partial charge in [-0.1, -0.05) is 19.6 Å². The maximum absolute atomic E-state index is 14.7. The van der Waals surface area contributed by atoms with Crippen LogP contribution in [0.1, 0.15) is 41.8 Å². The lowest BCUT2D eigenvalue weighted by Crippen LogP contribution is -2.13. The molecule has 2 aromatic heterocycles. The largest absolute Gasteiger partial charge is 0.313 e. The van der Waals surface area contributed by atoms with Crippen molar-refractivity contribution in [1.82, 2.24) is 25.3 Å². The Morgan fingerprint density at radius 3 is 2.82 bits per heavy atom. The first-order valence-corrected chi connectivity index (χ1v) is 9.33. The molecule has 1 aromatic carbocycles. The SMILES string of the molecule is C=Cc1[nH]nc(-c2cnn(C)c2)c1/C=C(\C)c1c(F)ccc(CNCC)c1C. The Morgan fingerprint density at radius 2 is 2.18 bits per heavy atom. The molecule has 5 nitrogen and oxygen atoms in total. The summed E-state index contributed by atoms with van der Waals surface area (Å²) < 4.78 is 16.5. The third kappa shape index (κ3) is 3.82. The quantitative estimate of drug-likeness (QED) is 0.632. The molecule has 28 heavy (non-hydrogen) atoms. The first-order valence-electron chi connectivity index (χ1n) is 9.33. The van der Waals surface area contributed by atoms with E-state index in [0.29, 0.717) is 12.1 Å². The molecule has 0 saturated heterocycles. The van der Waals surface area contributed by atoms with Gasteiger partial charge in [-0.15, -0.1) is 0 Å². The monoisotopic (exact) mass is 379 g/mol. The van der Waals surface area contributed by atoms with Gasteiger partial charge in [0, 0.05) is 36.5 Å². The fourth-order valence-corrected chi connectivity index (χ4v) is 3.38. The smallest absolute Gasteiger partial charge is 0.130 e. The molecule has 0 saturated carbocycles. The molecule has 2 heterocycles. The van der Waals surface area contributed by atoms with Crippen molar-refractivity contribution in [2.75, 3.05) is 6.54 Å². The van der Waals surface area contributed by atoms with Gasteiger partial charge in [-0.05, 0) is 55.3 Å². The molecule has 0 aliphatic rings. The van der Waals surface area contributed by atoms with Gasteiger partial charge in [0.25, 0.3) is 0 Å². The normalized spacial score (nSPS) is 11.8. The van der Waals surface area contributed by atoms with E-state index in [1.807, 2.05) is 39.2 Å². The third-order valence-electron chi connectivity index (χ3n) is 4.86. The fraction of sp³-hybridized carbons (Fsp3) is 0.273. The Bertz CT molecular complexity index is 1030. The second-order valence-corrected chi connectivity index (χ2v) is 6.82. The molecule has 0 radical (unpaired) electrons. The molecule has 3 aromatic rings. The van der Waals surface area contributed by atoms with E-state index in [1.165, 1.54) is 6.07 Å². The summed E-state index contributed by atoms with van der Waals surface area (Å²) in [6.07, 6.45) is 7.35. The molecule has 0 fully saturated rings. The highest BCUT2D eigenvalue weighted by Crippen LogP contribution is 2.31. The summed E-state index contributed by atoms with van der Waals surface area (Å²) in [6.45, 7) is 11.4. The number of hydrogen-bond acceptors (Lipinski definition) is 3. The second kappa shape index (κ2) is 8.35. The Balaban J connectivity index is 2.10. The molecule has 0 aliphatic heterocycles. The molecular formula is C22H26FN5. The zero-order valence-corrected chi connectivity index (χ0v) is 16.8. The van der Waals surface area contributed by atoms with Gasteiger partial charge >= 0.3 is 0 Å². The van der Waals surface area contributed by atoms with Gasteiger partial charge in [-0.3, -0.25) is 9.78 Å². The third-order valence-corrected chi connectivity index (χ3v) is 4.86. The number of rotatable bonds is 7. The molecule has 0 atom stereocenters. The summed E-state index contributed by atoms with van der Waals surface area (Å²) in [5.74, 6) is -0.224. The minimum atomic E-state index is -0.224. The van der Waals surface area contributed by atoms with E-state index in [1.54, 1.807) is 17.0 Å². The van der Waals surface area contributed by atoms with Crippen LogP contribution in [0.25, 0.3) is 29.0 Å². The van der Waals surface area contributed by atoms with Crippen molar-refractivity contribution in [3.63, 3.8) is 0 Å². The summed E-state index contributed by atoms with van der Waals surface area (Å²) in [7, 11) is 1.86. The predicted molar refractivity (Wildman–Crippen MR) is 113 cm³/mol. The first kappa shape index (κ1) is 19.8. The van der Waals surface area contributed by atoms with Crippen molar-refractivity contribution in [2.24, 2.45) is 7.05 Å². The van der Waals surface area contributed by atoms with E-state index < -0.39 is 0 Å². The molecule has 0 aliphatic carbocycles. The summed E-state index contributed by atoms with van der Waals surface area (Å²) in [5.41, 5.74) is 6.83. The molecule has 0 bridgehead atoms. The maximum Gasteiger partial charge on any atom is 0.130 e. The number of halogens is 1. The lowest BCUT2D eigenvalue weighted by molar-refractivity contribution is 0.620. The van der Waals surface area contributed by atoms with Gasteiger partial charge in [0.2, 0.25) is 0 Å². The maximum atomic E-state index is 14.7. The Labute approximate surface area is 165 Å². The van der Waals surface area contributed by atoms with Gasteiger partial charge < -0.3 is 5.32 Å². The zero-order chi connectivity index (χ0) is 20.3. The van der Waals surface area contributed by atoms with Crippen LogP contribution in [0, 0.1) is 12.7 Å². The van der Waals surface area contributed by atoms with Crippen LogP contribution in [0.4, 0.5) is 4.39 Å². The number of H-pyrrole nitrogens is 1. The van der Waals surface area contributed by atoms with Crippen molar-refractivity contribution in [2.45, 2.75) is 27.3 Å². The van der Waals surface area contributed by atoms with E-state index in [4.69, 9.17) is 0 Å². The number of nitrogens with one attached hydrogen (secondary N) is 2. The zero-order valence-electron chi connectivity index (χ0n) is 16.8. The number of aromatic amines is 1. The minimum Gasteiger partial charge on any atom is -0.313 e. The Hall–Kier alpha value is -2.99. The summed E-state index contributed by atoms with van der Waals surface area (Å²) in [5, 5.41) is 15.0. The summed E-state index contributed by atoms with van der Waals surface area (Å²) in [6, 6.07) is 3.39. The Morgan fingerprint density at radius 1 is 1.39 bits per heavy atom. The average Bonchev–Trinajstić information content (AvgIpc) is 3.27. The molecule has 0 amide bonds. The van der Waals surface area contributed by atoms with Gasteiger partial charge in [0.05, 0.1) is 11.9 Å². The van der Waals surface area contributed by atoms with Crippen molar-refractivity contribution < 1.29 is 4.39 Å². The van der Waals surface area contributed by atoms with Gasteiger partial charge in [-0.25, -0.2) is 4.39 Å². The van der Waals surface area contributed by atoms with Gasteiger partial charge in [-0.2, -0.15) is 10.2 Å². The van der Waals surface area contributed by atoms with Crippen LogP contribution in [-0.2, 0) is 13.6 Å². The number of benzene rings is 1.